The molecule has 1 aliphatic rings. The molecule has 100 valence electrons. The Balaban J connectivity index is 1.99. The Morgan fingerprint density at radius 3 is 3.05 bits per heavy atom. The molecular weight excluding hydrogens is 240 g/mol. The van der Waals surface area contributed by atoms with E-state index in [1.807, 2.05) is 6.07 Å². The summed E-state index contributed by atoms with van der Waals surface area (Å²) in [5.41, 5.74) is 2.18. The first kappa shape index (κ1) is 12.2. The van der Waals surface area contributed by atoms with E-state index in [1.165, 1.54) is 5.69 Å². The highest BCUT2D eigenvalue weighted by molar-refractivity contribution is 5.88. The molecule has 0 amide bonds. The molecule has 2 aromatic rings. The Bertz CT molecular complexity index is 563. The van der Waals surface area contributed by atoms with Crippen molar-refractivity contribution in [1.29, 1.82) is 0 Å². The first-order valence-corrected chi connectivity index (χ1v) is 6.64. The van der Waals surface area contributed by atoms with Crippen LogP contribution in [-0.2, 0) is 4.74 Å². The fourth-order valence-electron chi connectivity index (χ4n) is 2.49. The van der Waals surface area contributed by atoms with E-state index in [4.69, 9.17) is 9.47 Å². The van der Waals surface area contributed by atoms with Crippen molar-refractivity contribution in [1.82, 2.24) is 4.98 Å². The molecule has 0 N–H and O–H groups in total. The molecule has 0 saturated carbocycles. The molecule has 3 rings (SSSR count). The van der Waals surface area contributed by atoms with E-state index < -0.39 is 0 Å². The van der Waals surface area contributed by atoms with Crippen LogP contribution in [0.2, 0.25) is 0 Å². The zero-order chi connectivity index (χ0) is 13.1. The van der Waals surface area contributed by atoms with Gasteiger partial charge in [-0.25, -0.2) is 0 Å². The average Bonchev–Trinajstić information content (AvgIpc) is 2.75. The van der Waals surface area contributed by atoms with Crippen LogP contribution in [0.15, 0.2) is 30.5 Å². The third-order valence-corrected chi connectivity index (χ3v) is 3.49. The van der Waals surface area contributed by atoms with Crippen molar-refractivity contribution >= 4 is 16.6 Å². The highest BCUT2D eigenvalue weighted by atomic mass is 16.5. The van der Waals surface area contributed by atoms with Crippen LogP contribution >= 0.6 is 0 Å². The molecule has 1 aromatic heterocycles. The Hall–Kier alpha value is -1.81. The lowest BCUT2D eigenvalue weighted by Crippen LogP contribution is -2.25. The molecule has 0 radical (unpaired) electrons. The number of hydrogen-bond acceptors (Lipinski definition) is 4. The second-order valence-electron chi connectivity index (χ2n) is 4.67. The zero-order valence-corrected chi connectivity index (χ0v) is 11.1. The molecule has 19 heavy (non-hydrogen) atoms. The van der Waals surface area contributed by atoms with Gasteiger partial charge >= 0.3 is 0 Å². The zero-order valence-electron chi connectivity index (χ0n) is 11.1. The first-order valence-electron chi connectivity index (χ1n) is 6.64. The summed E-state index contributed by atoms with van der Waals surface area (Å²) in [4.78, 5) is 6.73. The molecule has 1 aliphatic heterocycles. The molecule has 4 heteroatoms. The lowest BCUT2D eigenvalue weighted by molar-refractivity contribution is 0.152. The number of nitrogens with zero attached hydrogens (tertiary/aromatic N) is 2. The maximum Gasteiger partial charge on any atom is 0.129 e. The van der Waals surface area contributed by atoms with E-state index in [9.17, 15) is 0 Å². The fraction of sp³-hybridized carbons (Fsp3) is 0.400. The van der Waals surface area contributed by atoms with E-state index in [-0.39, 0.29) is 0 Å². The predicted molar refractivity (Wildman–Crippen MR) is 75.9 cm³/mol. The van der Waals surface area contributed by atoms with Crippen molar-refractivity contribution in [2.75, 3.05) is 38.3 Å². The minimum absolute atomic E-state index is 0.794. The van der Waals surface area contributed by atoms with Gasteiger partial charge in [-0.05, 0) is 30.7 Å². The van der Waals surface area contributed by atoms with Gasteiger partial charge in [0.2, 0.25) is 0 Å². The average molecular weight is 258 g/mol. The maximum atomic E-state index is 5.50. The van der Waals surface area contributed by atoms with E-state index in [0.29, 0.717) is 0 Å². The Labute approximate surface area is 113 Å². The largest absolute Gasteiger partial charge is 0.496 e. The highest BCUT2D eigenvalue weighted by Gasteiger charge is 2.11. The van der Waals surface area contributed by atoms with Crippen molar-refractivity contribution in [2.24, 2.45) is 0 Å². The highest BCUT2D eigenvalue weighted by Crippen LogP contribution is 2.28. The molecule has 0 bridgehead atoms. The Morgan fingerprint density at radius 1 is 1.21 bits per heavy atom. The van der Waals surface area contributed by atoms with Gasteiger partial charge in [0, 0.05) is 37.0 Å². The third kappa shape index (κ3) is 2.49. The molecule has 0 spiro atoms. The van der Waals surface area contributed by atoms with E-state index >= 15 is 0 Å². The van der Waals surface area contributed by atoms with Crippen LogP contribution in [0.1, 0.15) is 6.42 Å². The van der Waals surface area contributed by atoms with Gasteiger partial charge in [-0.3, -0.25) is 4.98 Å². The molecule has 0 aliphatic carbocycles. The number of ether oxygens (including phenoxy) is 2. The van der Waals surface area contributed by atoms with Crippen LogP contribution in [0.4, 0.5) is 5.69 Å². The molecular formula is C15H18N2O2. The van der Waals surface area contributed by atoms with E-state index in [2.05, 4.69) is 28.1 Å². The van der Waals surface area contributed by atoms with Crippen molar-refractivity contribution in [2.45, 2.75) is 6.42 Å². The Morgan fingerprint density at radius 2 is 2.16 bits per heavy atom. The SMILES string of the molecule is COc1ccnc2ccc(N3CCCOCC3)cc12. The summed E-state index contributed by atoms with van der Waals surface area (Å²) in [7, 11) is 1.70. The molecule has 2 heterocycles. The summed E-state index contributed by atoms with van der Waals surface area (Å²) in [6, 6.07) is 8.24. The summed E-state index contributed by atoms with van der Waals surface area (Å²) >= 11 is 0. The number of fused-ring (bicyclic) bond motifs is 1. The van der Waals surface area contributed by atoms with Crippen molar-refractivity contribution < 1.29 is 9.47 Å². The van der Waals surface area contributed by atoms with Crippen LogP contribution in [0, 0.1) is 0 Å². The number of benzene rings is 1. The van der Waals surface area contributed by atoms with Crippen molar-refractivity contribution in [3.05, 3.63) is 30.5 Å². The normalized spacial score (nSPS) is 16.4. The fourth-order valence-corrected chi connectivity index (χ4v) is 2.49. The summed E-state index contributed by atoms with van der Waals surface area (Å²) in [5, 5.41) is 1.06. The van der Waals surface area contributed by atoms with Crippen molar-refractivity contribution in [3.8, 4) is 5.75 Å². The lowest BCUT2D eigenvalue weighted by Gasteiger charge is -2.22. The number of pyridine rings is 1. The molecule has 0 atom stereocenters. The number of methoxy groups -OCH3 is 1. The molecule has 1 aromatic carbocycles. The standard InChI is InChI=1S/C15H18N2O2/c1-18-15-5-6-16-14-4-3-12(11-13(14)15)17-7-2-9-19-10-8-17/h3-6,11H,2,7-10H2,1H3. The number of aromatic nitrogens is 1. The van der Waals surface area contributed by atoms with Crippen LogP contribution < -0.4 is 9.64 Å². The molecule has 1 fully saturated rings. The van der Waals surface area contributed by atoms with Crippen LogP contribution in [0.5, 0.6) is 5.75 Å². The third-order valence-electron chi connectivity index (χ3n) is 3.49. The minimum Gasteiger partial charge on any atom is -0.496 e. The summed E-state index contributed by atoms with van der Waals surface area (Å²) in [6.07, 6.45) is 2.85. The summed E-state index contributed by atoms with van der Waals surface area (Å²) in [6.45, 7) is 3.62. The summed E-state index contributed by atoms with van der Waals surface area (Å²) in [5.74, 6) is 0.873. The van der Waals surface area contributed by atoms with Crippen LogP contribution in [0.3, 0.4) is 0 Å². The van der Waals surface area contributed by atoms with Gasteiger partial charge in [-0.15, -0.1) is 0 Å². The topological polar surface area (TPSA) is 34.6 Å². The van der Waals surface area contributed by atoms with Gasteiger partial charge in [0.1, 0.15) is 5.75 Å². The maximum absolute atomic E-state index is 5.50. The first-order chi connectivity index (χ1) is 9.38. The van der Waals surface area contributed by atoms with Gasteiger partial charge in [0.15, 0.2) is 0 Å². The second kappa shape index (κ2) is 5.45. The van der Waals surface area contributed by atoms with Crippen molar-refractivity contribution in [3.63, 3.8) is 0 Å². The minimum atomic E-state index is 0.794. The monoisotopic (exact) mass is 258 g/mol. The number of rotatable bonds is 2. The van der Waals surface area contributed by atoms with Crippen LogP contribution in [-0.4, -0.2) is 38.4 Å². The van der Waals surface area contributed by atoms with E-state index in [1.54, 1.807) is 13.3 Å². The number of hydrogen-bond donors (Lipinski definition) is 0. The lowest BCUT2D eigenvalue weighted by atomic mass is 10.1. The summed E-state index contributed by atoms with van der Waals surface area (Å²) < 4.78 is 10.9. The quantitative estimate of drug-likeness (QED) is 0.829. The van der Waals surface area contributed by atoms with E-state index in [0.717, 1.165) is 49.4 Å². The van der Waals surface area contributed by atoms with Gasteiger partial charge in [-0.1, -0.05) is 0 Å². The second-order valence-corrected chi connectivity index (χ2v) is 4.67. The number of anilines is 1. The molecule has 0 unspecified atom stereocenters. The Kier molecular flexibility index (Phi) is 3.51. The van der Waals surface area contributed by atoms with Gasteiger partial charge in [0.05, 0.1) is 19.2 Å². The molecule has 4 nitrogen and oxygen atoms in total. The van der Waals surface area contributed by atoms with Gasteiger partial charge < -0.3 is 14.4 Å². The smallest absolute Gasteiger partial charge is 0.129 e. The van der Waals surface area contributed by atoms with Crippen LogP contribution in [0.25, 0.3) is 10.9 Å². The van der Waals surface area contributed by atoms with Gasteiger partial charge in [0.25, 0.3) is 0 Å². The molecule has 1 saturated heterocycles. The predicted octanol–water partition coefficient (Wildman–Crippen LogP) is 2.47. The van der Waals surface area contributed by atoms with Gasteiger partial charge in [-0.2, -0.15) is 0 Å².